The first-order valence-electron chi connectivity index (χ1n) is 4.99. The summed E-state index contributed by atoms with van der Waals surface area (Å²) in [5, 5.41) is 0. The molecule has 84 valence electrons. The Balaban J connectivity index is 2.62. The summed E-state index contributed by atoms with van der Waals surface area (Å²) in [6.45, 7) is 5.30. The van der Waals surface area contributed by atoms with E-state index in [1.165, 1.54) is 6.08 Å². The summed E-state index contributed by atoms with van der Waals surface area (Å²) in [7, 11) is 0. The minimum Gasteiger partial charge on any atom is -0.457 e. The van der Waals surface area contributed by atoms with Crippen LogP contribution < -0.4 is 0 Å². The molecule has 0 radical (unpaired) electrons. The third-order valence-corrected chi connectivity index (χ3v) is 2.05. The Bertz CT molecular complexity index is 291. The number of carbonyl (C=O) groups excluding carboxylic acids is 2. The fourth-order valence-electron chi connectivity index (χ4n) is 1.46. The normalized spacial score (nSPS) is 21.0. The van der Waals surface area contributed by atoms with Gasteiger partial charge in [-0.05, 0) is 5.92 Å². The van der Waals surface area contributed by atoms with Crippen molar-refractivity contribution >= 4 is 12.3 Å². The number of cyclic esters (lactones) is 1. The van der Waals surface area contributed by atoms with Gasteiger partial charge in [0.05, 0.1) is 6.08 Å². The lowest BCUT2D eigenvalue weighted by molar-refractivity contribution is -0.206. The Morgan fingerprint density at radius 1 is 1.47 bits per heavy atom. The summed E-state index contributed by atoms with van der Waals surface area (Å²) in [5.74, 6) is -0.525. The summed E-state index contributed by atoms with van der Waals surface area (Å²) in [4.78, 5) is 21.5. The van der Waals surface area contributed by atoms with Gasteiger partial charge in [-0.25, -0.2) is 4.79 Å². The largest absolute Gasteiger partial charge is 0.457 e. The molecular formula is C11H16O4. The van der Waals surface area contributed by atoms with Crippen molar-refractivity contribution in [3.8, 4) is 0 Å². The van der Waals surface area contributed by atoms with E-state index in [2.05, 4.69) is 0 Å². The van der Waals surface area contributed by atoms with Crippen molar-refractivity contribution in [3.63, 3.8) is 0 Å². The lowest BCUT2D eigenvalue weighted by atomic mass is 10.0. The number of aldehydes is 1. The molecule has 4 nitrogen and oxygen atoms in total. The Labute approximate surface area is 89.2 Å². The first-order valence-corrected chi connectivity index (χ1v) is 4.99. The second kappa shape index (κ2) is 4.47. The average molecular weight is 212 g/mol. The van der Waals surface area contributed by atoms with E-state index in [-0.39, 0.29) is 11.9 Å². The number of hydrogen-bond donors (Lipinski definition) is 0. The van der Waals surface area contributed by atoms with Crippen LogP contribution in [0, 0.1) is 5.92 Å². The Morgan fingerprint density at radius 3 is 2.67 bits per heavy atom. The molecule has 1 aliphatic rings. The molecule has 0 saturated heterocycles. The lowest BCUT2D eigenvalue weighted by Gasteiger charge is -2.31. The van der Waals surface area contributed by atoms with Crippen molar-refractivity contribution in [1.82, 2.24) is 0 Å². The van der Waals surface area contributed by atoms with Crippen molar-refractivity contribution in [2.24, 2.45) is 5.92 Å². The minimum absolute atomic E-state index is 0.176. The highest BCUT2D eigenvalue weighted by molar-refractivity contribution is 5.83. The Morgan fingerprint density at radius 2 is 2.13 bits per heavy atom. The molecule has 1 atom stereocenters. The number of rotatable bonds is 4. The monoisotopic (exact) mass is 212 g/mol. The zero-order valence-corrected chi connectivity index (χ0v) is 9.28. The molecule has 1 aliphatic heterocycles. The molecule has 0 amide bonds. The summed E-state index contributed by atoms with van der Waals surface area (Å²) in [5.41, 5.74) is 0. The van der Waals surface area contributed by atoms with E-state index in [1.54, 1.807) is 13.8 Å². The zero-order chi connectivity index (χ0) is 11.5. The molecule has 0 saturated carbocycles. The summed E-state index contributed by atoms with van der Waals surface area (Å²) < 4.78 is 10.4. The Kier molecular flexibility index (Phi) is 3.50. The molecule has 0 fully saturated rings. The van der Waals surface area contributed by atoms with Gasteiger partial charge >= 0.3 is 5.97 Å². The molecule has 0 aliphatic carbocycles. The number of esters is 1. The van der Waals surface area contributed by atoms with Crippen LogP contribution in [0.25, 0.3) is 0 Å². The second-order valence-electron chi connectivity index (χ2n) is 4.25. The second-order valence-corrected chi connectivity index (χ2v) is 4.25. The molecule has 4 heteroatoms. The maximum Gasteiger partial charge on any atom is 0.337 e. The first kappa shape index (κ1) is 11.8. The first-order chi connectivity index (χ1) is 6.93. The molecule has 1 heterocycles. The van der Waals surface area contributed by atoms with E-state index in [0.29, 0.717) is 18.6 Å². The number of hydrogen-bond acceptors (Lipinski definition) is 4. The van der Waals surface area contributed by atoms with Gasteiger partial charge in [-0.2, -0.15) is 0 Å². The lowest BCUT2D eigenvalue weighted by Crippen LogP contribution is -2.34. The highest BCUT2D eigenvalue weighted by atomic mass is 16.7. The van der Waals surface area contributed by atoms with Crippen LogP contribution in [-0.2, 0) is 19.1 Å². The average Bonchev–Trinajstić information content (AvgIpc) is 1.99. The van der Waals surface area contributed by atoms with Crippen molar-refractivity contribution < 1.29 is 19.1 Å². The van der Waals surface area contributed by atoms with E-state index in [9.17, 15) is 9.59 Å². The number of allylic oxidation sites excluding steroid dienone is 1. The number of carbonyl (C=O) groups is 2. The molecule has 1 unspecified atom stereocenters. The molecular weight excluding hydrogens is 196 g/mol. The van der Waals surface area contributed by atoms with Gasteiger partial charge in [0.1, 0.15) is 12.0 Å². The number of ether oxygens (including phenoxy) is 2. The van der Waals surface area contributed by atoms with E-state index >= 15 is 0 Å². The van der Waals surface area contributed by atoms with Crippen LogP contribution in [0.4, 0.5) is 0 Å². The molecule has 0 N–H and O–H groups in total. The van der Waals surface area contributed by atoms with Gasteiger partial charge in [-0.15, -0.1) is 0 Å². The van der Waals surface area contributed by atoms with Gasteiger partial charge in [0.2, 0.25) is 5.79 Å². The van der Waals surface area contributed by atoms with Crippen LogP contribution in [0.3, 0.4) is 0 Å². The van der Waals surface area contributed by atoms with Gasteiger partial charge in [0, 0.05) is 26.7 Å². The molecule has 0 aromatic carbocycles. The van der Waals surface area contributed by atoms with Crippen LogP contribution in [0.1, 0.15) is 33.6 Å². The zero-order valence-electron chi connectivity index (χ0n) is 9.28. The summed E-state index contributed by atoms with van der Waals surface area (Å²) in [6, 6.07) is 0. The van der Waals surface area contributed by atoms with Crippen molar-refractivity contribution in [2.45, 2.75) is 39.4 Å². The van der Waals surface area contributed by atoms with E-state index in [1.807, 2.05) is 6.92 Å². The summed E-state index contributed by atoms with van der Waals surface area (Å²) in [6.07, 6.45) is 3.26. The predicted octanol–water partition coefficient (Wildman–Crippen LogP) is 1.79. The van der Waals surface area contributed by atoms with Crippen LogP contribution >= 0.6 is 0 Å². The molecule has 0 bridgehead atoms. The maximum atomic E-state index is 11.2. The topological polar surface area (TPSA) is 52.6 Å². The van der Waals surface area contributed by atoms with E-state index in [0.717, 1.165) is 6.29 Å². The van der Waals surface area contributed by atoms with Gasteiger partial charge in [0.25, 0.3) is 0 Å². The Hall–Kier alpha value is -1.32. The van der Waals surface area contributed by atoms with E-state index in [4.69, 9.17) is 9.47 Å². The molecule has 1 rings (SSSR count). The fraction of sp³-hybridized carbons (Fsp3) is 0.636. The van der Waals surface area contributed by atoms with Crippen LogP contribution in [0.15, 0.2) is 11.8 Å². The van der Waals surface area contributed by atoms with Gasteiger partial charge < -0.3 is 14.3 Å². The SMILES string of the molecule is CC(CC=O)CC1=CC(=O)OC(C)(C)O1. The fourth-order valence-corrected chi connectivity index (χ4v) is 1.46. The molecule has 15 heavy (non-hydrogen) atoms. The maximum absolute atomic E-state index is 11.2. The third-order valence-electron chi connectivity index (χ3n) is 2.05. The van der Waals surface area contributed by atoms with Gasteiger partial charge in [-0.1, -0.05) is 6.92 Å². The van der Waals surface area contributed by atoms with Gasteiger partial charge in [0.15, 0.2) is 0 Å². The molecule has 0 aromatic heterocycles. The van der Waals surface area contributed by atoms with Crippen molar-refractivity contribution in [1.29, 1.82) is 0 Å². The van der Waals surface area contributed by atoms with Gasteiger partial charge in [-0.3, -0.25) is 0 Å². The molecule has 0 aromatic rings. The minimum atomic E-state index is -0.901. The van der Waals surface area contributed by atoms with Crippen LogP contribution in [-0.4, -0.2) is 18.0 Å². The van der Waals surface area contributed by atoms with Crippen LogP contribution in [0.5, 0.6) is 0 Å². The highest BCUT2D eigenvalue weighted by Gasteiger charge is 2.30. The molecule has 0 spiro atoms. The van der Waals surface area contributed by atoms with Crippen LogP contribution in [0.2, 0.25) is 0 Å². The third kappa shape index (κ3) is 3.73. The van der Waals surface area contributed by atoms with Crippen molar-refractivity contribution in [2.75, 3.05) is 0 Å². The van der Waals surface area contributed by atoms with E-state index < -0.39 is 5.79 Å². The standard InChI is InChI=1S/C11H16O4/c1-8(4-5-12)6-9-7-10(13)15-11(2,3)14-9/h5,7-8H,4,6H2,1-3H3. The highest BCUT2D eigenvalue weighted by Crippen LogP contribution is 2.26. The summed E-state index contributed by atoms with van der Waals surface area (Å²) >= 11 is 0. The smallest absolute Gasteiger partial charge is 0.337 e. The van der Waals surface area contributed by atoms with Crippen molar-refractivity contribution in [3.05, 3.63) is 11.8 Å². The predicted molar refractivity (Wildman–Crippen MR) is 53.8 cm³/mol. The quantitative estimate of drug-likeness (QED) is 0.526.